The molecule has 2 saturated heterocycles. The predicted octanol–water partition coefficient (Wildman–Crippen LogP) is 3.58. The van der Waals surface area contributed by atoms with E-state index in [0.717, 1.165) is 0 Å². The number of primary amides is 1. The number of piperidine rings is 1. The van der Waals surface area contributed by atoms with Crippen LogP contribution in [0.15, 0.2) is 12.4 Å². The van der Waals surface area contributed by atoms with Crippen LogP contribution in [0.2, 0.25) is 0 Å². The number of aliphatic hydroxyl groups is 1. The summed E-state index contributed by atoms with van der Waals surface area (Å²) in [6.07, 6.45) is 1.52. The molecule has 256 valence electrons. The lowest BCUT2D eigenvalue weighted by Crippen LogP contribution is -2.52. The number of likely N-dealkylation sites (tertiary alicyclic amines) is 1. The zero-order valence-corrected chi connectivity index (χ0v) is 26.5. The minimum Gasteiger partial charge on any atom is -0.390 e. The number of ether oxygens (including phenoxy) is 1. The van der Waals surface area contributed by atoms with E-state index in [2.05, 4.69) is 15.2 Å². The van der Waals surface area contributed by atoms with Crippen molar-refractivity contribution in [3.63, 3.8) is 0 Å². The van der Waals surface area contributed by atoms with E-state index in [-0.39, 0.29) is 80.9 Å². The van der Waals surface area contributed by atoms with Gasteiger partial charge in [-0.05, 0) is 52.4 Å². The van der Waals surface area contributed by atoms with E-state index >= 15 is 0 Å². The molecular formula is C30H39F4N9O4. The standard InChI is InChI=1S/C30H39F4N9O4/c1-16(2)43-25(23(35)44)39-24(40-43)22(17-4-7-29(31,32)8-5-17)19-14-42-27(38-19)37-18(13-36-42)20-12-28(3,46)10-11-41(20)26(45)21-6-9-30(33,34)15-47-21/h13-14,16-17,20-22,46H,4-12,15H2,1-3H3,(H2,35,44)/t20-,21-,22-,28+/m0/s1. The van der Waals surface area contributed by atoms with E-state index < -0.39 is 60.4 Å². The van der Waals surface area contributed by atoms with Gasteiger partial charge < -0.3 is 20.5 Å². The van der Waals surface area contributed by atoms with Crippen LogP contribution in [0.1, 0.15) is 118 Å². The van der Waals surface area contributed by atoms with Gasteiger partial charge in [-0.25, -0.2) is 41.7 Å². The van der Waals surface area contributed by atoms with Crippen LogP contribution < -0.4 is 5.73 Å². The summed E-state index contributed by atoms with van der Waals surface area (Å²) in [6, 6.07) is -0.997. The molecule has 0 aromatic carbocycles. The minimum absolute atomic E-state index is 0.0526. The second-order valence-electron chi connectivity index (χ2n) is 13.7. The number of nitrogens with zero attached hydrogens (tertiary/aromatic N) is 8. The molecule has 0 spiro atoms. The number of aromatic nitrogens is 7. The number of alkyl halides is 4. The Hall–Kier alpha value is -3.73. The Balaban J connectivity index is 1.35. The molecule has 0 radical (unpaired) electrons. The summed E-state index contributed by atoms with van der Waals surface area (Å²) < 4.78 is 63.9. The van der Waals surface area contributed by atoms with Crippen LogP contribution in [0.25, 0.3) is 5.78 Å². The summed E-state index contributed by atoms with van der Waals surface area (Å²) in [5, 5.41) is 20.0. The first kappa shape index (κ1) is 33.2. The van der Waals surface area contributed by atoms with Gasteiger partial charge in [0.1, 0.15) is 12.7 Å². The van der Waals surface area contributed by atoms with Gasteiger partial charge in [0.25, 0.3) is 23.5 Å². The number of fused-ring (bicyclic) bond motifs is 1. The molecule has 1 aliphatic carbocycles. The van der Waals surface area contributed by atoms with Crippen molar-refractivity contribution < 1.29 is 37.0 Å². The van der Waals surface area contributed by atoms with Crippen LogP contribution in [0.4, 0.5) is 17.6 Å². The quantitative estimate of drug-likeness (QED) is 0.359. The van der Waals surface area contributed by atoms with Crippen molar-refractivity contribution >= 4 is 17.6 Å². The number of hydrogen-bond donors (Lipinski definition) is 2. The molecule has 17 heteroatoms. The van der Waals surface area contributed by atoms with Crippen LogP contribution in [0.5, 0.6) is 0 Å². The van der Waals surface area contributed by atoms with Crippen molar-refractivity contribution in [2.24, 2.45) is 11.7 Å². The number of imidazole rings is 1. The Labute approximate surface area is 267 Å². The summed E-state index contributed by atoms with van der Waals surface area (Å²) >= 11 is 0. The van der Waals surface area contributed by atoms with Gasteiger partial charge in [-0.2, -0.15) is 10.2 Å². The molecule has 1 saturated carbocycles. The molecule has 3 aromatic rings. The molecule has 2 amide bonds. The Morgan fingerprint density at radius 2 is 1.74 bits per heavy atom. The van der Waals surface area contributed by atoms with E-state index in [1.165, 1.54) is 20.3 Å². The summed E-state index contributed by atoms with van der Waals surface area (Å²) in [6.45, 7) is 4.59. The first-order valence-electron chi connectivity index (χ1n) is 15.9. The maximum atomic E-state index is 14.2. The largest absolute Gasteiger partial charge is 0.390 e. The average Bonchev–Trinajstić information content (AvgIpc) is 3.62. The number of halogens is 4. The summed E-state index contributed by atoms with van der Waals surface area (Å²) in [7, 11) is 0. The maximum Gasteiger partial charge on any atom is 0.286 e. The molecule has 47 heavy (non-hydrogen) atoms. The van der Waals surface area contributed by atoms with Crippen molar-refractivity contribution in [1.82, 2.24) is 39.2 Å². The zero-order valence-electron chi connectivity index (χ0n) is 26.5. The van der Waals surface area contributed by atoms with E-state index in [1.807, 2.05) is 13.8 Å². The molecule has 3 aliphatic rings. The maximum absolute atomic E-state index is 14.2. The molecular weight excluding hydrogens is 626 g/mol. The molecule has 5 heterocycles. The van der Waals surface area contributed by atoms with Crippen LogP contribution in [0, 0.1) is 5.92 Å². The third-order valence-electron chi connectivity index (χ3n) is 9.49. The highest BCUT2D eigenvalue weighted by Crippen LogP contribution is 2.44. The molecule has 3 N–H and O–H groups in total. The normalized spacial score (nSPS) is 27.3. The minimum atomic E-state index is -2.99. The number of nitrogens with two attached hydrogens (primary N) is 1. The Bertz CT molecular complexity index is 1640. The highest BCUT2D eigenvalue weighted by atomic mass is 19.3. The second kappa shape index (κ2) is 12.1. The predicted molar refractivity (Wildman–Crippen MR) is 157 cm³/mol. The zero-order chi connectivity index (χ0) is 33.9. The van der Waals surface area contributed by atoms with Crippen molar-refractivity contribution in [3.05, 3.63) is 35.4 Å². The summed E-state index contributed by atoms with van der Waals surface area (Å²) in [5.41, 5.74) is 5.20. The summed E-state index contributed by atoms with van der Waals surface area (Å²) in [4.78, 5) is 41.1. The third kappa shape index (κ3) is 6.82. The highest BCUT2D eigenvalue weighted by molar-refractivity contribution is 5.89. The fourth-order valence-electron chi connectivity index (χ4n) is 6.87. The van der Waals surface area contributed by atoms with Crippen molar-refractivity contribution in [3.8, 4) is 0 Å². The van der Waals surface area contributed by atoms with E-state index in [9.17, 15) is 32.3 Å². The van der Waals surface area contributed by atoms with Gasteiger partial charge in [0, 0.05) is 38.3 Å². The number of carbonyl (C=O) groups excluding carboxylic acids is 2. The van der Waals surface area contributed by atoms with Crippen LogP contribution >= 0.6 is 0 Å². The SMILES string of the molecule is CC(C)n1nc([C@H](c2cn3ncc([C@@H]4C[C@](C)(O)CCN4C(=O)[C@@H]4CCC(F)(F)CO4)nc3n2)C2CCC(F)(F)CC2)nc1C(N)=O. The molecule has 4 atom stereocenters. The molecule has 3 fully saturated rings. The Morgan fingerprint density at radius 1 is 1.04 bits per heavy atom. The van der Waals surface area contributed by atoms with E-state index in [0.29, 0.717) is 11.4 Å². The molecule has 0 unspecified atom stereocenters. The fourth-order valence-corrected chi connectivity index (χ4v) is 6.87. The van der Waals surface area contributed by atoms with Crippen LogP contribution in [-0.4, -0.2) is 92.9 Å². The number of hydrogen-bond acceptors (Lipinski definition) is 9. The van der Waals surface area contributed by atoms with E-state index in [1.54, 1.807) is 13.1 Å². The number of carbonyl (C=O) groups is 2. The molecule has 0 bridgehead atoms. The van der Waals surface area contributed by atoms with Crippen LogP contribution in [0.3, 0.4) is 0 Å². The van der Waals surface area contributed by atoms with Gasteiger partial charge in [0.2, 0.25) is 11.7 Å². The van der Waals surface area contributed by atoms with E-state index in [4.69, 9.17) is 20.4 Å². The molecule has 3 aromatic heterocycles. The van der Waals surface area contributed by atoms with Crippen LogP contribution in [-0.2, 0) is 9.53 Å². The molecule has 6 rings (SSSR count). The highest BCUT2D eigenvalue weighted by Gasteiger charge is 2.45. The topological polar surface area (TPSA) is 167 Å². The van der Waals surface area contributed by atoms with Crippen molar-refractivity contribution in [2.45, 2.75) is 114 Å². The average molecular weight is 666 g/mol. The van der Waals surface area contributed by atoms with Gasteiger partial charge in [-0.3, -0.25) is 9.59 Å². The molecule has 13 nitrogen and oxygen atoms in total. The lowest BCUT2D eigenvalue weighted by Gasteiger charge is -2.43. The van der Waals surface area contributed by atoms with Gasteiger partial charge in [0.05, 0.1) is 41.3 Å². The second-order valence-corrected chi connectivity index (χ2v) is 13.7. The first-order valence-corrected chi connectivity index (χ1v) is 15.9. The lowest BCUT2D eigenvalue weighted by atomic mass is 9.77. The third-order valence-corrected chi connectivity index (χ3v) is 9.49. The van der Waals surface area contributed by atoms with Crippen molar-refractivity contribution in [1.29, 1.82) is 0 Å². The van der Waals surface area contributed by atoms with Gasteiger partial charge >= 0.3 is 0 Å². The van der Waals surface area contributed by atoms with Gasteiger partial charge in [-0.15, -0.1) is 0 Å². The fraction of sp³-hybridized carbons (Fsp3) is 0.700. The van der Waals surface area contributed by atoms with Gasteiger partial charge in [0.15, 0.2) is 5.82 Å². The summed E-state index contributed by atoms with van der Waals surface area (Å²) in [5.74, 6) is -7.69. The number of amides is 2. The Kier molecular flexibility index (Phi) is 8.51. The first-order chi connectivity index (χ1) is 22.0. The van der Waals surface area contributed by atoms with Gasteiger partial charge in [-0.1, -0.05) is 0 Å². The smallest absolute Gasteiger partial charge is 0.286 e. The molecule has 2 aliphatic heterocycles. The lowest BCUT2D eigenvalue weighted by molar-refractivity contribution is -0.175. The monoisotopic (exact) mass is 665 g/mol. The number of rotatable bonds is 7. The Morgan fingerprint density at radius 3 is 2.36 bits per heavy atom. The van der Waals surface area contributed by atoms with Crippen molar-refractivity contribution in [2.75, 3.05) is 13.2 Å².